The maximum atomic E-state index is 6.22. The summed E-state index contributed by atoms with van der Waals surface area (Å²) in [5.41, 5.74) is 1.39. The Bertz CT molecular complexity index is 396. The second kappa shape index (κ2) is 7.52. The van der Waals surface area contributed by atoms with Crippen molar-refractivity contribution in [2.24, 2.45) is 5.41 Å². The Kier molecular flexibility index (Phi) is 6.65. The highest BCUT2D eigenvalue weighted by Crippen LogP contribution is 2.26. The summed E-state index contributed by atoms with van der Waals surface area (Å²) in [5.74, 6) is 0. The molecule has 1 atom stereocenters. The van der Waals surface area contributed by atoms with E-state index in [-0.39, 0.29) is 5.41 Å². The predicted molar refractivity (Wildman–Crippen MR) is 86.3 cm³/mol. The third-order valence-corrected chi connectivity index (χ3v) is 4.00. The van der Waals surface area contributed by atoms with E-state index in [1.54, 1.807) is 0 Å². The first kappa shape index (κ1) is 16.8. The van der Waals surface area contributed by atoms with Crippen LogP contribution in [-0.4, -0.2) is 12.6 Å². The summed E-state index contributed by atoms with van der Waals surface area (Å²) in [6.07, 6.45) is 3.19. The van der Waals surface area contributed by atoms with Crippen molar-refractivity contribution in [1.29, 1.82) is 0 Å². The largest absolute Gasteiger partial charge is 0.313 e. The summed E-state index contributed by atoms with van der Waals surface area (Å²) in [4.78, 5) is 0. The lowest BCUT2D eigenvalue weighted by molar-refractivity contribution is 0.255. The van der Waals surface area contributed by atoms with Crippen LogP contribution in [0.25, 0.3) is 0 Å². The molecule has 1 unspecified atom stereocenters. The molecule has 0 saturated heterocycles. The molecule has 19 heavy (non-hydrogen) atoms. The molecule has 1 aromatic carbocycles. The smallest absolute Gasteiger partial charge is 0.0439 e. The van der Waals surface area contributed by atoms with Gasteiger partial charge in [-0.3, -0.25) is 0 Å². The van der Waals surface area contributed by atoms with Crippen molar-refractivity contribution >= 4 is 23.2 Å². The first-order valence-electron chi connectivity index (χ1n) is 7.02. The summed E-state index contributed by atoms with van der Waals surface area (Å²) in [6, 6.07) is 6.18. The average Bonchev–Trinajstić information content (AvgIpc) is 2.31. The van der Waals surface area contributed by atoms with Crippen molar-refractivity contribution in [1.82, 2.24) is 5.32 Å². The lowest BCUT2D eigenvalue weighted by atomic mass is 9.83. The molecule has 0 aliphatic rings. The van der Waals surface area contributed by atoms with Gasteiger partial charge in [-0.25, -0.2) is 0 Å². The zero-order chi connectivity index (χ0) is 14.5. The molecule has 0 fully saturated rings. The van der Waals surface area contributed by atoms with E-state index in [9.17, 15) is 0 Å². The van der Waals surface area contributed by atoms with Crippen LogP contribution in [0.3, 0.4) is 0 Å². The highest BCUT2D eigenvalue weighted by atomic mass is 35.5. The Morgan fingerprint density at radius 2 is 1.89 bits per heavy atom. The van der Waals surface area contributed by atoms with Crippen molar-refractivity contribution in [3.8, 4) is 0 Å². The van der Waals surface area contributed by atoms with Crippen LogP contribution in [0.2, 0.25) is 10.0 Å². The normalized spacial score (nSPS) is 13.6. The SMILES string of the molecule is CCCNC(CCc1cc(Cl)ccc1Cl)C(C)(C)C. The third-order valence-electron chi connectivity index (χ3n) is 3.40. The molecule has 0 aliphatic heterocycles. The molecule has 0 aliphatic carbocycles. The number of aryl methyl sites for hydroxylation is 1. The lowest BCUT2D eigenvalue weighted by Gasteiger charge is -2.32. The number of benzene rings is 1. The number of halogens is 2. The van der Waals surface area contributed by atoms with Crippen molar-refractivity contribution in [2.45, 2.75) is 53.0 Å². The average molecular weight is 302 g/mol. The van der Waals surface area contributed by atoms with Crippen molar-refractivity contribution < 1.29 is 0 Å². The van der Waals surface area contributed by atoms with E-state index >= 15 is 0 Å². The van der Waals surface area contributed by atoms with Gasteiger partial charge in [0.15, 0.2) is 0 Å². The molecule has 1 aromatic rings. The lowest BCUT2D eigenvalue weighted by Crippen LogP contribution is -2.41. The van der Waals surface area contributed by atoms with Crippen LogP contribution >= 0.6 is 23.2 Å². The molecule has 1 rings (SSSR count). The van der Waals surface area contributed by atoms with E-state index in [1.807, 2.05) is 18.2 Å². The molecule has 0 spiro atoms. The molecule has 108 valence electrons. The van der Waals surface area contributed by atoms with Gasteiger partial charge >= 0.3 is 0 Å². The molecule has 1 nitrogen and oxygen atoms in total. The molecular weight excluding hydrogens is 277 g/mol. The Balaban J connectivity index is 2.67. The van der Waals surface area contributed by atoms with Gasteiger partial charge in [0.1, 0.15) is 0 Å². The minimum absolute atomic E-state index is 0.250. The van der Waals surface area contributed by atoms with Crippen molar-refractivity contribution in [3.05, 3.63) is 33.8 Å². The van der Waals surface area contributed by atoms with Gasteiger partial charge in [-0.05, 0) is 55.0 Å². The quantitative estimate of drug-likeness (QED) is 0.748. The molecule has 0 heterocycles. The molecule has 0 amide bonds. The number of nitrogens with one attached hydrogen (secondary N) is 1. The third kappa shape index (κ3) is 5.72. The van der Waals surface area contributed by atoms with Gasteiger partial charge in [0.2, 0.25) is 0 Å². The molecule has 3 heteroatoms. The van der Waals surface area contributed by atoms with Crippen LogP contribution in [-0.2, 0) is 6.42 Å². The molecule has 0 bridgehead atoms. The fourth-order valence-corrected chi connectivity index (χ4v) is 2.60. The summed E-state index contributed by atoms with van der Waals surface area (Å²) in [5, 5.41) is 5.21. The van der Waals surface area contributed by atoms with E-state index < -0.39 is 0 Å². The Hall–Kier alpha value is -0.240. The van der Waals surface area contributed by atoms with Gasteiger partial charge in [-0.2, -0.15) is 0 Å². The number of hydrogen-bond acceptors (Lipinski definition) is 1. The van der Waals surface area contributed by atoms with Gasteiger partial charge in [0, 0.05) is 16.1 Å². The fraction of sp³-hybridized carbons (Fsp3) is 0.625. The van der Waals surface area contributed by atoms with Crippen LogP contribution < -0.4 is 5.32 Å². The van der Waals surface area contributed by atoms with Crippen molar-refractivity contribution in [3.63, 3.8) is 0 Å². The Labute approximate surface area is 127 Å². The first-order chi connectivity index (χ1) is 8.84. The van der Waals surface area contributed by atoms with Crippen LogP contribution in [0.4, 0.5) is 0 Å². The van der Waals surface area contributed by atoms with E-state index in [2.05, 4.69) is 33.0 Å². The summed E-state index contributed by atoms with van der Waals surface area (Å²) in [6.45, 7) is 10.1. The Morgan fingerprint density at radius 3 is 2.47 bits per heavy atom. The summed E-state index contributed by atoms with van der Waals surface area (Å²) in [7, 11) is 0. The van der Waals surface area contributed by atoms with Crippen molar-refractivity contribution in [2.75, 3.05) is 6.54 Å². The van der Waals surface area contributed by atoms with Crippen LogP contribution in [0.15, 0.2) is 18.2 Å². The minimum Gasteiger partial charge on any atom is -0.313 e. The number of hydrogen-bond donors (Lipinski definition) is 1. The maximum Gasteiger partial charge on any atom is 0.0439 e. The predicted octanol–water partition coefficient (Wildman–Crippen LogP) is 5.34. The van der Waals surface area contributed by atoms with Gasteiger partial charge in [-0.15, -0.1) is 0 Å². The zero-order valence-electron chi connectivity index (χ0n) is 12.4. The van der Waals surface area contributed by atoms with Gasteiger partial charge in [0.25, 0.3) is 0 Å². The molecule has 1 N–H and O–H groups in total. The molecule has 0 radical (unpaired) electrons. The van der Waals surface area contributed by atoms with E-state index in [0.29, 0.717) is 6.04 Å². The first-order valence-corrected chi connectivity index (χ1v) is 7.77. The second-order valence-corrected chi connectivity index (χ2v) is 6.99. The topological polar surface area (TPSA) is 12.0 Å². The van der Waals surface area contributed by atoms with E-state index in [0.717, 1.165) is 41.4 Å². The highest BCUT2D eigenvalue weighted by Gasteiger charge is 2.23. The Morgan fingerprint density at radius 1 is 1.21 bits per heavy atom. The van der Waals surface area contributed by atoms with Gasteiger partial charge < -0.3 is 5.32 Å². The maximum absolute atomic E-state index is 6.22. The van der Waals surface area contributed by atoms with Crippen LogP contribution in [0.1, 0.15) is 46.1 Å². The minimum atomic E-state index is 0.250. The molecular formula is C16H25Cl2N. The molecule has 0 aromatic heterocycles. The van der Waals surface area contributed by atoms with Crippen LogP contribution in [0.5, 0.6) is 0 Å². The summed E-state index contributed by atoms with van der Waals surface area (Å²) >= 11 is 12.3. The van der Waals surface area contributed by atoms with E-state index in [4.69, 9.17) is 23.2 Å². The second-order valence-electron chi connectivity index (χ2n) is 6.15. The zero-order valence-corrected chi connectivity index (χ0v) is 13.9. The molecule has 0 saturated carbocycles. The van der Waals surface area contributed by atoms with Crippen LogP contribution in [0, 0.1) is 5.41 Å². The fourth-order valence-electron chi connectivity index (χ4n) is 2.19. The standard InChI is InChI=1S/C16H25Cl2N/c1-5-10-19-15(16(2,3)4)9-6-12-11-13(17)7-8-14(12)18/h7-8,11,15,19H,5-6,9-10H2,1-4H3. The number of rotatable bonds is 6. The monoisotopic (exact) mass is 301 g/mol. The van der Waals surface area contributed by atoms with Gasteiger partial charge in [0.05, 0.1) is 0 Å². The highest BCUT2D eigenvalue weighted by molar-refractivity contribution is 6.33. The van der Waals surface area contributed by atoms with Gasteiger partial charge in [-0.1, -0.05) is 50.9 Å². The van der Waals surface area contributed by atoms with E-state index in [1.165, 1.54) is 0 Å². The summed E-state index contributed by atoms with van der Waals surface area (Å²) < 4.78 is 0.